The van der Waals surface area contributed by atoms with Crippen molar-refractivity contribution < 1.29 is 9.59 Å². The maximum atomic E-state index is 13.0. The van der Waals surface area contributed by atoms with Crippen LogP contribution in [0.15, 0.2) is 72.8 Å². The van der Waals surface area contributed by atoms with Crippen LogP contribution in [0.3, 0.4) is 0 Å². The molecule has 0 aliphatic carbocycles. The molecule has 0 aliphatic heterocycles. The van der Waals surface area contributed by atoms with Crippen molar-refractivity contribution in [3.8, 4) is 0 Å². The minimum Gasteiger partial charge on any atom is -0.398 e. The van der Waals surface area contributed by atoms with E-state index in [9.17, 15) is 9.59 Å². The van der Waals surface area contributed by atoms with E-state index in [0.29, 0.717) is 28.2 Å². The Balaban J connectivity index is 1.48. The number of hydrogen-bond donors (Lipinski definition) is 3. The molecule has 4 N–H and O–H groups in total. The summed E-state index contributed by atoms with van der Waals surface area (Å²) in [4.78, 5) is 34.6. The first kappa shape index (κ1) is 28.2. The van der Waals surface area contributed by atoms with E-state index in [0.717, 1.165) is 40.0 Å². The van der Waals surface area contributed by atoms with Gasteiger partial charge in [-0.25, -0.2) is 0 Å². The Morgan fingerprint density at radius 2 is 1.43 bits per heavy atom. The number of allylic oxidation sites excluding steroid dienone is 1. The van der Waals surface area contributed by atoms with Gasteiger partial charge in [-0.3, -0.25) is 14.6 Å². The number of amides is 2. The summed E-state index contributed by atoms with van der Waals surface area (Å²) in [7, 11) is 7.88. The number of aromatic nitrogens is 1. The number of benzene rings is 3. The molecule has 206 valence electrons. The highest BCUT2D eigenvalue weighted by molar-refractivity contribution is 6.08. The standard InChI is InChI=1S/C32H36N6O2/c1-7-8-29(37(3)4)25-18-23(13-15-27(25)33)35-31(39)21-9-11-22(12-10-21)32(40)36-24-14-16-28-26(19-24)30(38(5)6)17-20(2)34-28/h8-19H,7,33H2,1-6H3,(H,35,39)(H,36,40)/b29-8+. The molecule has 8 heteroatoms. The second kappa shape index (κ2) is 11.9. The molecule has 0 atom stereocenters. The number of pyridine rings is 1. The van der Waals surface area contributed by atoms with Crippen LogP contribution in [0.25, 0.3) is 16.6 Å². The quantitative estimate of drug-likeness (QED) is 0.238. The minimum absolute atomic E-state index is 0.264. The molecule has 1 heterocycles. The summed E-state index contributed by atoms with van der Waals surface area (Å²) in [6.45, 7) is 4.03. The Morgan fingerprint density at radius 1 is 0.850 bits per heavy atom. The average molecular weight is 537 g/mol. The molecule has 0 unspecified atom stereocenters. The third kappa shape index (κ3) is 6.23. The number of nitrogens with two attached hydrogens (primary N) is 1. The van der Waals surface area contributed by atoms with Gasteiger partial charge in [0.2, 0.25) is 0 Å². The SMILES string of the molecule is CC/C=C(\c1cc(NC(=O)c2ccc(C(=O)Nc3ccc4nc(C)cc(N(C)C)c4c3)cc2)ccc1N)N(C)C. The molecule has 0 saturated heterocycles. The molecule has 0 radical (unpaired) electrons. The lowest BCUT2D eigenvalue weighted by Crippen LogP contribution is -2.15. The number of carbonyl (C=O) groups excluding carboxylic acids is 2. The fraction of sp³-hybridized carbons (Fsp3) is 0.219. The Hall–Kier alpha value is -4.85. The molecule has 40 heavy (non-hydrogen) atoms. The first-order chi connectivity index (χ1) is 19.1. The predicted octanol–water partition coefficient (Wildman–Crippen LogP) is 6.01. The Labute approximate surface area is 235 Å². The van der Waals surface area contributed by atoms with Gasteiger partial charge in [0, 0.05) is 84.4 Å². The first-order valence-electron chi connectivity index (χ1n) is 13.2. The summed E-state index contributed by atoms with van der Waals surface area (Å²) in [6.07, 6.45) is 2.95. The molecule has 1 aromatic heterocycles. The van der Waals surface area contributed by atoms with E-state index in [1.165, 1.54) is 0 Å². The van der Waals surface area contributed by atoms with Crippen molar-refractivity contribution in [1.29, 1.82) is 0 Å². The van der Waals surface area contributed by atoms with Crippen molar-refractivity contribution in [2.75, 3.05) is 49.5 Å². The highest BCUT2D eigenvalue weighted by atomic mass is 16.2. The molecule has 0 bridgehead atoms. The lowest BCUT2D eigenvalue weighted by Gasteiger charge is -2.20. The minimum atomic E-state index is -0.276. The molecular formula is C32H36N6O2. The van der Waals surface area contributed by atoms with Gasteiger partial charge in [0.15, 0.2) is 0 Å². The van der Waals surface area contributed by atoms with Crippen molar-refractivity contribution in [3.63, 3.8) is 0 Å². The van der Waals surface area contributed by atoms with Crippen LogP contribution >= 0.6 is 0 Å². The van der Waals surface area contributed by atoms with Crippen LogP contribution < -0.4 is 21.3 Å². The van der Waals surface area contributed by atoms with E-state index < -0.39 is 0 Å². The normalized spacial score (nSPS) is 11.3. The van der Waals surface area contributed by atoms with Gasteiger partial charge in [0.05, 0.1) is 5.52 Å². The molecule has 0 spiro atoms. The van der Waals surface area contributed by atoms with Crippen LogP contribution in [0.2, 0.25) is 0 Å². The molecular weight excluding hydrogens is 500 g/mol. The van der Waals surface area contributed by atoms with Crippen molar-refractivity contribution in [1.82, 2.24) is 9.88 Å². The van der Waals surface area contributed by atoms with Crippen LogP contribution in [-0.4, -0.2) is 49.9 Å². The van der Waals surface area contributed by atoms with Crippen LogP contribution in [0.5, 0.6) is 0 Å². The summed E-state index contributed by atoms with van der Waals surface area (Å²) < 4.78 is 0. The van der Waals surface area contributed by atoms with Crippen molar-refractivity contribution in [3.05, 3.63) is 95.2 Å². The van der Waals surface area contributed by atoms with E-state index in [1.807, 2.05) is 75.2 Å². The number of nitrogen functional groups attached to an aromatic ring is 1. The van der Waals surface area contributed by atoms with Crippen molar-refractivity contribution in [2.45, 2.75) is 20.3 Å². The molecule has 0 aliphatic rings. The Kier molecular flexibility index (Phi) is 8.38. The molecule has 0 fully saturated rings. The summed E-state index contributed by atoms with van der Waals surface area (Å²) in [5.41, 5.74) is 13.7. The maximum absolute atomic E-state index is 13.0. The molecule has 8 nitrogen and oxygen atoms in total. The lowest BCUT2D eigenvalue weighted by atomic mass is 10.1. The monoisotopic (exact) mass is 536 g/mol. The van der Waals surface area contributed by atoms with Crippen molar-refractivity contribution in [2.24, 2.45) is 0 Å². The van der Waals surface area contributed by atoms with E-state index >= 15 is 0 Å². The van der Waals surface area contributed by atoms with Gasteiger partial charge >= 0.3 is 0 Å². The fourth-order valence-corrected chi connectivity index (χ4v) is 4.55. The summed E-state index contributed by atoms with van der Waals surface area (Å²) in [6, 6.07) is 19.7. The maximum Gasteiger partial charge on any atom is 0.255 e. The number of rotatable bonds is 8. The molecule has 4 rings (SSSR count). The molecule has 0 saturated carbocycles. The largest absolute Gasteiger partial charge is 0.398 e. The smallest absolute Gasteiger partial charge is 0.255 e. The molecule has 3 aromatic carbocycles. The fourth-order valence-electron chi connectivity index (χ4n) is 4.55. The van der Waals surface area contributed by atoms with E-state index in [1.54, 1.807) is 36.4 Å². The number of aryl methyl sites for hydroxylation is 1. The number of nitrogens with one attached hydrogen (secondary N) is 2. The van der Waals surface area contributed by atoms with Gasteiger partial charge in [-0.2, -0.15) is 0 Å². The Bertz CT molecular complexity index is 1590. The zero-order valence-electron chi connectivity index (χ0n) is 23.9. The summed E-state index contributed by atoms with van der Waals surface area (Å²) >= 11 is 0. The van der Waals surface area contributed by atoms with Gasteiger partial charge in [0.25, 0.3) is 11.8 Å². The molecule has 4 aromatic rings. The lowest BCUT2D eigenvalue weighted by molar-refractivity contribution is 0.101. The van der Waals surface area contributed by atoms with E-state index in [-0.39, 0.29) is 11.8 Å². The highest BCUT2D eigenvalue weighted by Gasteiger charge is 2.14. The number of carbonyl (C=O) groups is 2. The van der Waals surface area contributed by atoms with Gasteiger partial charge in [0.1, 0.15) is 0 Å². The summed E-state index contributed by atoms with van der Waals surface area (Å²) in [5.74, 6) is -0.540. The van der Waals surface area contributed by atoms with Crippen LogP contribution in [0.4, 0.5) is 22.7 Å². The van der Waals surface area contributed by atoms with Crippen LogP contribution in [0.1, 0.15) is 45.3 Å². The second-order valence-corrected chi connectivity index (χ2v) is 10.1. The van der Waals surface area contributed by atoms with Gasteiger partial charge in [-0.05, 0) is 80.1 Å². The third-order valence-electron chi connectivity index (χ3n) is 6.53. The van der Waals surface area contributed by atoms with Crippen molar-refractivity contribution >= 4 is 51.2 Å². The van der Waals surface area contributed by atoms with E-state index in [2.05, 4.69) is 28.6 Å². The zero-order valence-corrected chi connectivity index (χ0v) is 23.9. The number of anilines is 4. The zero-order chi connectivity index (χ0) is 29.0. The van der Waals surface area contributed by atoms with Gasteiger partial charge in [-0.1, -0.05) is 13.0 Å². The number of nitrogens with zero attached hydrogens (tertiary/aromatic N) is 3. The topological polar surface area (TPSA) is 104 Å². The van der Waals surface area contributed by atoms with Crippen LogP contribution in [-0.2, 0) is 0 Å². The van der Waals surface area contributed by atoms with E-state index in [4.69, 9.17) is 5.73 Å². The first-order valence-corrected chi connectivity index (χ1v) is 13.2. The van der Waals surface area contributed by atoms with Crippen LogP contribution in [0, 0.1) is 6.92 Å². The van der Waals surface area contributed by atoms with Gasteiger partial charge in [-0.15, -0.1) is 0 Å². The Morgan fingerprint density at radius 3 is 1.98 bits per heavy atom. The van der Waals surface area contributed by atoms with Gasteiger partial charge < -0.3 is 26.2 Å². The number of fused-ring (bicyclic) bond motifs is 1. The number of hydrogen-bond acceptors (Lipinski definition) is 6. The summed E-state index contributed by atoms with van der Waals surface area (Å²) in [5, 5.41) is 6.84. The average Bonchev–Trinajstić information content (AvgIpc) is 2.92. The third-order valence-corrected chi connectivity index (χ3v) is 6.53. The predicted molar refractivity (Wildman–Crippen MR) is 166 cm³/mol. The highest BCUT2D eigenvalue weighted by Crippen LogP contribution is 2.29. The molecule has 2 amide bonds. The second-order valence-electron chi connectivity index (χ2n) is 10.1.